The Morgan fingerprint density at radius 2 is 1.23 bits per heavy atom. The van der Waals surface area contributed by atoms with Gasteiger partial charge in [0.2, 0.25) is 0 Å². The van der Waals surface area contributed by atoms with Crippen LogP contribution in [-0.2, 0) is 12.8 Å². The molecule has 0 bridgehead atoms. The Hall–Kier alpha value is -4.95. The number of carboxylic acid groups (broad SMARTS) is 2. The second-order valence-electron chi connectivity index (χ2n) is 8.91. The Bertz CT molecular complexity index is 1550. The molecule has 8 heteroatoms. The molecule has 0 saturated heterocycles. The highest BCUT2D eigenvalue weighted by atomic mass is 16.4. The van der Waals surface area contributed by atoms with Crippen LogP contribution in [0.1, 0.15) is 37.5 Å². The predicted molar refractivity (Wildman–Crippen MR) is 150 cm³/mol. The fraction of sp³-hybridized carbons (Fsp3) is 0.129. The van der Waals surface area contributed by atoms with E-state index in [1.54, 1.807) is 48.5 Å². The van der Waals surface area contributed by atoms with E-state index >= 15 is 0 Å². The molecule has 39 heavy (non-hydrogen) atoms. The highest BCUT2D eigenvalue weighted by Gasteiger charge is 2.22. The second kappa shape index (κ2) is 12.1. The van der Waals surface area contributed by atoms with E-state index < -0.39 is 23.4 Å². The number of rotatable bonds is 7. The molecule has 5 rings (SSSR count). The number of aromatic nitrogens is 1. The average Bonchev–Trinajstić information content (AvgIpc) is 2.94. The summed E-state index contributed by atoms with van der Waals surface area (Å²) in [5, 5.41) is 45.9. The van der Waals surface area contributed by atoms with Gasteiger partial charge in [0.15, 0.2) is 0 Å². The van der Waals surface area contributed by atoms with Crippen LogP contribution < -0.4 is 5.32 Å². The molecular formula is C31H28N2O6. The summed E-state index contributed by atoms with van der Waals surface area (Å²) in [5.74, 6) is -3.36. The molecule has 5 N–H and O–H groups in total. The van der Waals surface area contributed by atoms with Crippen LogP contribution in [0.5, 0.6) is 11.5 Å². The number of likely N-dealkylation sites (N-methyl/N-ethyl adjacent to an activating group) is 1. The predicted octanol–water partition coefficient (Wildman–Crippen LogP) is 5.23. The Morgan fingerprint density at radius 3 is 1.67 bits per heavy atom. The Morgan fingerprint density at radius 1 is 0.744 bits per heavy atom. The monoisotopic (exact) mass is 524 g/mol. The number of hydrogen-bond donors (Lipinski definition) is 5. The van der Waals surface area contributed by atoms with E-state index in [1.807, 2.05) is 31.4 Å². The number of aromatic carboxylic acids is 2. The van der Waals surface area contributed by atoms with E-state index in [-0.39, 0.29) is 17.5 Å². The number of benzene rings is 4. The number of nitrogens with zero attached hydrogens (tertiary/aromatic N) is 1. The molecule has 0 aliphatic carbocycles. The number of fused-ring (bicyclic) bond motifs is 2. The van der Waals surface area contributed by atoms with Crippen LogP contribution in [0.15, 0.2) is 85.1 Å². The van der Waals surface area contributed by atoms with Crippen LogP contribution in [0.3, 0.4) is 0 Å². The molecule has 0 fully saturated rings. The van der Waals surface area contributed by atoms with E-state index in [2.05, 4.69) is 10.3 Å². The highest BCUT2D eigenvalue weighted by molar-refractivity contribution is 6.02. The molecule has 198 valence electrons. The highest BCUT2D eigenvalue weighted by Crippen LogP contribution is 2.38. The van der Waals surface area contributed by atoms with Crippen LogP contribution in [0, 0.1) is 0 Å². The quantitative estimate of drug-likeness (QED) is 0.195. The van der Waals surface area contributed by atoms with E-state index in [1.165, 1.54) is 12.1 Å². The minimum atomic E-state index is -1.28. The normalized spacial score (nSPS) is 10.7. The molecule has 0 radical (unpaired) electrons. The maximum Gasteiger partial charge on any atom is 0.339 e. The Balaban J connectivity index is 0.000000298. The Labute approximate surface area is 224 Å². The zero-order chi connectivity index (χ0) is 27.9. The average molecular weight is 525 g/mol. The zero-order valence-corrected chi connectivity index (χ0v) is 21.3. The first-order valence-electron chi connectivity index (χ1n) is 12.3. The molecule has 0 aliphatic rings. The summed E-state index contributed by atoms with van der Waals surface area (Å²) in [7, 11) is 1.95. The summed E-state index contributed by atoms with van der Waals surface area (Å²) in [6, 6.07) is 22.8. The first-order chi connectivity index (χ1) is 18.8. The van der Waals surface area contributed by atoms with Gasteiger partial charge in [-0.3, -0.25) is 4.98 Å². The molecule has 5 aromatic rings. The van der Waals surface area contributed by atoms with Crippen LogP contribution >= 0.6 is 0 Å². The number of phenols is 2. The van der Waals surface area contributed by atoms with Crippen molar-refractivity contribution in [3.8, 4) is 11.5 Å². The van der Waals surface area contributed by atoms with Crippen molar-refractivity contribution in [1.82, 2.24) is 10.3 Å². The van der Waals surface area contributed by atoms with Gasteiger partial charge in [-0.15, -0.1) is 0 Å². The molecule has 8 nitrogen and oxygen atoms in total. The number of carbonyl (C=O) groups is 2. The lowest BCUT2D eigenvalue weighted by atomic mass is 9.90. The maximum absolute atomic E-state index is 11.6. The van der Waals surface area contributed by atoms with Gasteiger partial charge >= 0.3 is 11.9 Å². The number of pyridine rings is 1. The van der Waals surface area contributed by atoms with E-state index in [0.717, 1.165) is 18.7 Å². The molecular weight excluding hydrogens is 496 g/mol. The molecule has 0 atom stereocenters. The van der Waals surface area contributed by atoms with Crippen LogP contribution in [-0.4, -0.2) is 50.9 Å². The van der Waals surface area contributed by atoms with Gasteiger partial charge in [0, 0.05) is 42.4 Å². The van der Waals surface area contributed by atoms with Crippen molar-refractivity contribution in [1.29, 1.82) is 0 Å². The summed E-state index contributed by atoms with van der Waals surface area (Å²) in [6.07, 6.45) is 2.79. The van der Waals surface area contributed by atoms with Gasteiger partial charge in [0.1, 0.15) is 22.6 Å². The molecule has 0 unspecified atom stereocenters. The first-order valence-corrected chi connectivity index (χ1v) is 12.3. The number of aromatic hydroxyl groups is 2. The van der Waals surface area contributed by atoms with Crippen LogP contribution in [0.4, 0.5) is 0 Å². The van der Waals surface area contributed by atoms with Crippen molar-refractivity contribution < 1.29 is 30.0 Å². The van der Waals surface area contributed by atoms with Gasteiger partial charge in [-0.25, -0.2) is 9.59 Å². The maximum atomic E-state index is 11.6. The number of hydrogen-bond acceptors (Lipinski definition) is 6. The number of carboxylic acids is 2. The van der Waals surface area contributed by atoms with Gasteiger partial charge in [0.25, 0.3) is 0 Å². The van der Waals surface area contributed by atoms with Gasteiger partial charge in [-0.05, 0) is 52.9 Å². The summed E-state index contributed by atoms with van der Waals surface area (Å²) in [4.78, 5) is 27.4. The van der Waals surface area contributed by atoms with Gasteiger partial charge in [0.05, 0.1) is 0 Å². The van der Waals surface area contributed by atoms with Crippen molar-refractivity contribution in [2.24, 2.45) is 0 Å². The zero-order valence-electron chi connectivity index (χ0n) is 21.3. The summed E-state index contributed by atoms with van der Waals surface area (Å²) < 4.78 is 0. The smallest absolute Gasteiger partial charge is 0.339 e. The van der Waals surface area contributed by atoms with Crippen LogP contribution in [0.2, 0.25) is 0 Å². The minimum Gasteiger partial charge on any atom is -0.507 e. The largest absolute Gasteiger partial charge is 0.507 e. The van der Waals surface area contributed by atoms with Gasteiger partial charge in [-0.2, -0.15) is 0 Å². The summed E-state index contributed by atoms with van der Waals surface area (Å²) in [5.41, 5.74) is 1.26. The fourth-order valence-corrected chi connectivity index (χ4v) is 4.48. The molecule has 0 spiro atoms. The van der Waals surface area contributed by atoms with E-state index in [9.17, 15) is 30.0 Å². The summed E-state index contributed by atoms with van der Waals surface area (Å²) >= 11 is 0. The van der Waals surface area contributed by atoms with E-state index in [4.69, 9.17) is 0 Å². The molecule has 0 aliphatic heterocycles. The van der Waals surface area contributed by atoms with E-state index in [0.29, 0.717) is 32.7 Å². The van der Waals surface area contributed by atoms with Gasteiger partial charge < -0.3 is 25.7 Å². The third-order valence-electron chi connectivity index (χ3n) is 6.43. The lowest BCUT2D eigenvalue weighted by Crippen LogP contribution is -2.10. The third kappa shape index (κ3) is 5.97. The SMILES string of the molecule is CNCCc1ccccn1.O=C(O)c1cc2ccccc2c(Cc2c(O)c(C(=O)O)cc3ccccc23)c1O. The summed E-state index contributed by atoms with van der Waals surface area (Å²) in [6.45, 7) is 0.997. The number of nitrogens with one attached hydrogen (secondary N) is 1. The van der Waals surface area contributed by atoms with Crippen molar-refractivity contribution in [2.45, 2.75) is 12.8 Å². The lowest BCUT2D eigenvalue weighted by Gasteiger charge is -2.16. The van der Waals surface area contributed by atoms with Crippen LogP contribution in [0.25, 0.3) is 21.5 Å². The topological polar surface area (TPSA) is 140 Å². The van der Waals surface area contributed by atoms with Crippen molar-refractivity contribution >= 4 is 33.5 Å². The third-order valence-corrected chi connectivity index (χ3v) is 6.43. The van der Waals surface area contributed by atoms with Crippen molar-refractivity contribution in [2.75, 3.05) is 13.6 Å². The fourth-order valence-electron chi connectivity index (χ4n) is 4.48. The molecule has 1 aromatic heterocycles. The molecule has 0 saturated carbocycles. The Kier molecular flexibility index (Phi) is 8.38. The van der Waals surface area contributed by atoms with Crippen molar-refractivity contribution in [3.63, 3.8) is 0 Å². The second-order valence-corrected chi connectivity index (χ2v) is 8.91. The minimum absolute atomic E-state index is 0.0407. The first kappa shape index (κ1) is 27.1. The molecule has 1 heterocycles. The molecule has 0 amide bonds. The standard InChI is InChI=1S/C23H16O6.C8H12N2/c24-20-16(14-7-3-1-5-12(14)9-18(20)22(26)27)11-17-15-8-4-2-6-13(15)10-19(21(17)25)23(28)29;1-9-7-5-8-4-2-3-6-10-8/h1-10,24-25H,11H2,(H,26,27)(H,28,29);2-4,6,9H,5,7H2,1H3. The van der Waals surface area contributed by atoms with Crippen molar-refractivity contribution in [3.05, 3.63) is 113 Å². The van der Waals surface area contributed by atoms with Gasteiger partial charge in [-0.1, -0.05) is 54.6 Å². The lowest BCUT2D eigenvalue weighted by molar-refractivity contribution is 0.0682. The molecule has 4 aromatic carbocycles.